The molecule has 2 rings (SSSR count). The molecule has 0 aliphatic rings. The molecular formula is C12H8Br2N2O3. The zero-order valence-electron chi connectivity index (χ0n) is 9.72. The summed E-state index contributed by atoms with van der Waals surface area (Å²) in [6.07, 6.45) is 1.42. The number of halogens is 2. The third-order valence-electron chi connectivity index (χ3n) is 2.36. The number of carbonyl (C=O) groups is 1. The van der Waals surface area contributed by atoms with E-state index in [2.05, 4.69) is 41.8 Å². The number of benzene rings is 1. The fraction of sp³-hybridized carbons (Fsp3) is 0.0833. The van der Waals surface area contributed by atoms with Crippen LogP contribution in [0, 0.1) is 0 Å². The number of hydrogen-bond acceptors (Lipinski definition) is 4. The molecule has 0 radical (unpaired) electrons. The van der Waals surface area contributed by atoms with E-state index < -0.39 is 5.97 Å². The van der Waals surface area contributed by atoms with Crippen molar-refractivity contribution >= 4 is 37.8 Å². The molecule has 5 nitrogen and oxygen atoms in total. The second kappa shape index (κ2) is 5.66. The predicted molar refractivity (Wildman–Crippen MR) is 76.4 cm³/mol. The summed E-state index contributed by atoms with van der Waals surface area (Å²) in [5, 5.41) is 9.02. The van der Waals surface area contributed by atoms with Crippen LogP contribution in [0.4, 0.5) is 0 Å². The zero-order valence-corrected chi connectivity index (χ0v) is 12.9. The topological polar surface area (TPSA) is 72.3 Å². The van der Waals surface area contributed by atoms with Gasteiger partial charge in [-0.05, 0) is 50.1 Å². The summed E-state index contributed by atoms with van der Waals surface area (Å²) in [5.74, 6) is -0.0913. The summed E-state index contributed by atoms with van der Waals surface area (Å²) in [6, 6.07) is 5.29. The normalized spacial score (nSPS) is 10.3. The van der Waals surface area contributed by atoms with E-state index in [0.717, 1.165) is 4.47 Å². The molecule has 1 aromatic heterocycles. The van der Waals surface area contributed by atoms with Gasteiger partial charge in [0.2, 0.25) is 0 Å². The van der Waals surface area contributed by atoms with Crippen LogP contribution in [0.15, 0.2) is 33.3 Å². The number of ether oxygens (including phenoxy) is 1. The Bertz CT molecular complexity index is 647. The second-order valence-electron chi connectivity index (χ2n) is 3.54. The Morgan fingerprint density at radius 1 is 1.32 bits per heavy atom. The molecule has 1 aromatic carbocycles. The van der Waals surface area contributed by atoms with Crippen molar-refractivity contribution in [1.29, 1.82) is 0 Å². The maximum atomic E-state index is 11.0. The maximum absolute atomic E-state index is 11.0. The molecule has 0 bridgehead atoms. The monoisotopic (exact) mass is 386 g/mol. The number of hydrogen-bond donors (Lipinski definition) is 1. The average Bonchev–Trinajstić information content (AvgIpc) is 2.38. The minimum Gasteiger partial charge on any atom is -0.496 e. The van der Waals surface area contributed by atoms with Gasteiger partial charge in [-0.3, -0.25) is 0 Å². The van der Waals surface area contributed by atoms with Crippen LogP contribution in [0.5, 0.6) is 5.75 Å². The smallest absolute Gasteiger partial charge is 0.355 e. The fourth-order valence-electron chi connectivity index (χ4n) is 1.46. The van der Waals surface area contributed by atoms with Gasteiger partial charge in [-0.1, -0.05) is 0 Å². The molecule has 19 heavy (non-hydrogen) atoms. The van der Waals surface area contributed by atoms with E-state index in [9.17, 15) is 4.79 Å². The Labute approximate surface area is 125 Å². The molecule has 0 aliphatic carbocycles. The number of aromatic carboxylic acids is 1. The lowest BCUT2D eigenvalue weighted by molar-refractivity contribution is 0.0689. The molecule has 0 saturated heterocycles. The maximum Gasteiger partial charge on any atom is 0.355 e. The van der Waals surface area contributed by atoms with Gasteiger partial charge in [0.1, 0.15) is 5.75 Å². The lowest BCUT2D eigenvalue weighted by atomic mass is 10.2. The largest absolute Gasteiger partial charge is 0.496 e. The van der Waals surface area contributed by atoms with Crippen molar-refractivity contribution in [2.24, 2.45) is 0 Å². The lowest BCUT2D eigenvalue weighted by Gasteiger charge is -2.06. The molecule has 0 aliphatic heterocycles. The summed E-state index contributed by atoms with van der Waals surface area (Å²) in [4.78, 5) is 19.1. The van der Waals surface area contributed by atoms with Crippen molar-refractivity contribution in [3.8, 4) is 17.1 Å². The zero-order chi connectivity index (χ0) is 14.0. The summed E-state index contributed by atoms with van der Waals surface area (Å²) >= 11 is 6.47. The first-order chi connectivity index (χ1) is 9.02. The van der Waals surface area contributed by atoms with Crippen LogP contribution in [-0.2, 0) is 0 Å². The summed E-state index contributed by atoms with van der Waals surface area (Å²) in [5.41, 5.74) is 0.625. The van der Waals surface area contributed by atoms with Crippen molar-refractivity contribution in [2.45, 2.75) is 0 Å². The molecule has 0 atom stereocenters. The SMILES string of the molecule is COc1ccc(-c2ncc(Br)c(C(=O)O)n2)cc1Br. The molecular weight excluding hydrogens is 380 g/mol. The number of carboxylic acids is 1. The minimum absolute atomic E-state index is 0.0723. The highest BCUT2D eigenvalue weighted by Crippen LogP contribution is 2.29. The molecule has 2 aromatic rings. The van der Waals surface area contributed by atoms with E-state index in [-0.39, 0.29) is 5.69 Å². The van der Waals surface area contributed by atoms with Crippen LogP contribution in [0.25, 0.3) is 11.4 Å². The van der Waals surface area contributed by atoms with Gasteiger partial charge in [0.15, 0.2) is 11.5 Å². The standard InChI is InChI=1S/C12H8Br2N2O3/c1-19-9-3-2-6(4-7(9)13)11-15-5-8(14)10(16-11)12(17)18/h2-5H,1H3,(H,17,18). The lowest BCUT2D eigenvalue weighted by Crippen LogP contribution is -2.04. The Morgan fingerprint density at radius 2 is 2.05 bits per heavy atom. The van der Waals surface area contributed by atoms with Gasteiger partial charge in [0.05, 0.1) is 16.1 Å². The molecule has 0 fully saturated rings. The quantitative estimate of drug-likeness (QED) is 0.873. The number of methoxy groups -OCH3 is 1. The molecule has 0 amide bonds. The summed E-state index contributed by atoms with van der Waals surface area (Å²) in [7, 11) is 1.57. The molecule has 1 heterocycles. The third kappa shape index (κ3) is 2.93. The van der Waals surface area contributed by atoms with Crippen molar-refractivity contribution < 1.29 is 14.6 Å². The van der Waals surface area contributed by atoms with E-state index in [1.807, 2.05) is 0 Å². The summed E-state index contributed by atoms with van der Waals surface area (Å²) in [6.45, 7) is 0. The van der Waals surface area contributed by atoms with Crippen LogP contribution in [0.1, 0.15) is 10.5 Å². The van der Waals surface area contributed by atoms with Gasteiger partial charge in [0.25, 0.3) is 0 Å². The average molecular weight is 388 g/mol. The fourth-order valence-corrected chi connectivity index (χ4v) is 2.36. The highest BCUT2D eigenvalue weighted by molar-refractivity contribution is 9.10. The van der Waals surface area contributed by atoms with E-state index in [4.69, 9.17) is 9.84 Å². The van der Waals surface area contributed by atoms with E-state index >= 15 is 0 Å². The first-order valence-corrected chi connectivity index (χ1v) is 6.71. The van der Waals surface area contributed by atoms with Crippen LogP contribution >= 0.6 is 31.9 Å². The van der Waals surface area contributed by atoms with Crippen LogP contribution in [0.2, 0.25) is 0 Å². The van der Waals surface area contributed by atoms with Crippen molar-refractivity contribution in [3.05, 3.63) is 39.0 Å². The Kier molecular flexibility index (Phi) is 4.16. The third-order valence-corrected chi connectivity index (χ3v) is 3.56. The van der Waals surface area contributed by atoms with Gasteiger partial charge < -0.3 is 9.84 Å². The Balaban J connectivity index is 2.50. The van der Waals surface area contributed by atoms with Crippen LogP contribution < -0.4 is 4.74 Å². The first-order valence-electron chi connectivity index (χ1n) is 5.12. The highest BCUT2D eigenvalue weighted by atomic mass is 79.9. The van der Waals surface area contributed by atoms with Crippen LogP contribution in [0.3, 0.4) is 0 Å². The predicted octanol–water partition coefficient (Wildman–Crippen LogP) is 3.38. The van der Waals surface area contributed by atoms with E-state index in [0.29, 0.717) is 21.6 Å². The Hall–Kier alpha value is -1.47. The van der Waals surface area contributed by atoms with Crippen molar-refractivity contribution in [2.75, 3.05) is 7.11 Å². The number of carboxylic acid groups (broad SMARTS) is 1. The number of nitrogens with zero attached hydrogens (tertiary/aromatic N) is 2. The van der Waals surface area contributed by atoms with Gasteiger partial charge in [-0.2, -0.15) is 0 Å². The summed E-state index contributed by atoms with van der Waals surface area (Å²) < 4.78 is 6.22. The van der Waals surface area contributed by atoms with Gasteiger partial charge in [-0.25, -0.2) is 14.8 Å². The Morgan fingerprint density at radius 3 is 2.63 bits per heavy atom. The number of aromatic nitrogens is 2. The van der Waals surface area contributed by atoms with E-state index in [1.54, 1.807) is 25.3 Å². The van der Waals surface area contributed by atoms with Crippen molar-refractivity contribution in [1.82, 2.24) is 9.97 Å². The molecule has 7 heteroatoms. The highest BCUT2D eigenvalue weighted by Gasteiger charge is 2.13. The molecule has 98 valence electrons. The number of rotatable bonds is 3. The van der Waals surface area contributed by atoms with Crippen molar-refractivity contribution in [3.63, 3.8) is 0 Å². The minimum atomic E-state index is -1.11. The second-order valence-corrected chi connectivity index (χ2v) is 5.25. The van der Waals surface area contributed by atoms with Gasteiger partial charge in [-0.15, -0.1) is 0 Å². The van der Waals surface area contributed by atoms with Crippen LogP contribution in [-0.4, -0.2) is 28.2 Å². The molecule has 1 N–H and O–H groups in total. The molecule has 0 saturated carbocycles. The molecule has 0 unspecified atom stereocenters. The van der Waals surface area contributed by atoms with Gasteiger partial charge >= 0.3 is 5.97 Å². The van der Waals surface area contributed by atoms with Gasteiger partial charge in [0, 0.05) is 11.8 Å². The molecule has 0 spiro atoms. The van der Waals surface area contributed by atoms with E-state index in [1.165, 1.54) is 6.20 Å². The first kappa shape index (κ1) is 14.0.